The third-order valence-electron chi connectivity index (χ3n) is 2.44. The van der Waals surface area contributed by atoms with Crippen LogP contribution in [0.3, 0.4) is 0 Å². The molecule has 0 saturated heterocycles. The van der Waals surface area contributed by atoms with Crippen molar-refractivity contribution >= 4 is 0 Å². The molecule has 4 nitrogen and oxygen atoms in total. The summed E-state index contributed by atoms with van der Waals surface area (Å²) in [5.74, 6) is 0.861. The molecule has 84 valence electrons. The number of aryl methyl sites for hydroxylation is 1. The Hall–Kier alpha value is -1.71. The first-order chi connectivity index (χ1) is 7.48. The maximum Gasteiger partial charge on any atom is 0.165 e. The minimum Gasteiger partial charge on any atom is -0.308 e. The largest absolute Gasteiger partial charge is 0.308 e. The van der Waals surface area contributed by atoms with E-state index in [1.807, 2.05) is 25.3 Å². The SMILES string of the molecule is Cc1ccc(-c2nncn2C(C)(C)C)cn1. The van der Waals surface area contributed by atoms with Crippen molar-refractivity contribution in [2.75, 3.05) is 0 Å². The van der Waals surface area contributed by atoms with Crippen LogP contribution in [-0.4, -0.2) is 19.7 Å². The molecule has 0 aliphatic heterocycles. The molecule has 0 bridgehead atoms. The van der Waals surface area contributed by atoms with Crippen LogP contribution in [0.5, 0.6) is 0 Å². The Labute approximate surface area is 95.4 Å². The van der Waals surface area contributed by atoms with E-state index in [9.17, 15) is 0 Å². The standard InChI is InChI=1S/C12H16N4/c1-9-5-6-10(7-13-9)11-15-14-8-16(11)12(2,3)4/h5-8H,1-4H3. The van der Waals surface area contributed by atoms with Crippen LogP contribution >= 0.6 is 0 Å². The molecule has 16 heavy (non-hydrogen) atoms. The van der Waals surface area contributed by atoms with Gasteiger partial charge in [-0.25, -0.2) is 0 Å². The Morgan fingerprint density at radius 2 is 1.94 bits per heavy atom. The molecule has 0 radical (unpaired) electrons. The first-order valence-electron chi connectivity index (χ1n) is 5.32. The molecule has 0 N–H and O–H groups in total. The van der Waals surface area contributed by atoms with Crippen LogP contribution in [0.15, 0.2) is 24.7 Å². The van der Waals surface area contributed by atoms with Crippen molar-refractivity contribution in [3.63, 3.8) is 0 Å². The molecule has 0 aliphatic carbocycles. The van der Waals surface area contributed by atoms with Crippen molar-refractivity contribution in [1.29, 1.82) is 0 Å². The van der Waals surface area contributed by atoms with Gasteiger partial charge in [-0.15, -0.1) is 10.2 Å². The van der Waals surface area contributed by atoms with Crippen LogP contribution in [-0.2, 0) is 5.54 Å². The van der Waals surface area contributed by atoms with Crippen LogP contribution in [0.4, 0.5) is 0 Å². The molecule has 2 aromatic heterocycles. The molecule has 0 aliphatic rings. The molecule has 0 fully saturated rings. The van der Waals surface area contributed by atoms with Gasteiger partial charge in [-0.1, -0.05) is 0 Å². The van der Waals surface area contributed by atoms with Gasteiger partial charge in [0.15, 0.2) is 5.82 Å². The fourth-order valence-electron chi connectivity index (χ4n) is 1.52. The third-order valence-corrected chi connectivity index (χ3v) is 2.44. The lowest BCUT2D eigenvalue weighted by atomic mass is 10.1. The Morgan fingerprint density at radius 3 is 2.50 bits per heavy atom. The highest BCUT2D eigenvalue weighted by molar-refractivity contribution is 5.53. The molecule has 0 amide bonds. The number of pyridine rings is 1. The van der Waals surface area contributed by atoms with Gasteiger partial charge in [-0.05, 0) is 39.8 Å². The van der Waals surface area contributed by atoms with Crippen molar-refractivity contribution in [2.24, 2.45) is 0 Å². The summed E-state index contributed by atoms with van der Waals surface area (Å²) in [4.78, 5) is 4.28. The first kappa shape index (κ1) is 10.8. The van der Waals surface area contributed by atoms with Crippen molar-refractivity contribution in [2.45, 2.75) is 33.2 Å². The van der Waals surface area contributed by atoms with Gasteiger partial charge in [0.2, 0.25) is 0 Å². The quantitative estimate of drug-likeness (QED) is 0.735. The van der Waals surface area contributed by atoms with E-state index >= 15 is 0 Å². The summed E-state index contributed by atoms with van der Waals surface area (Å²) in [6, 6.07) is 4.01. The second-order valence-corrected chi connectivity index (χ2v) is 4.88. The average Bonchev–Trinajstić information content (AvgIpc) is 2.66. The lowest BCUT2D eigenvalue weighted by molar-refractivity contribution is 0.399. The first-order valence-corrected chi connectivity index (χ1v) is 5.32. The van der Waals surface area contributed by atoms with Crippen molar-refractivity contribution in [3.8, 4) is 11.4 Å². The topological polar surface area (TPSA) is 43.6 Å². The molecular formula is C12H16N4. The van der Waals surface area contributed by atoms with E-state index < -0.39 is 0 Å². The number of hydrogen-bond donors (Lipinski definition) is 0. The molecule has 0 aromatic carbocycles. The predicted octanol–water partition coefficient (Wildman–Crippen LogP) is 2.40. The summed E-state index contributed by atoms with van der Waals surface area (Å²) in [6.45, 7) is 8.35. The minimum atomic E-state index is -0.0241. The molecule has 0 unspecified atom stereocenters. The van der Waals surface area contributed by atoms with Gasteiger partial charge in [-0.2, -0.15) is 0 Å². The van der Waals surface area contributed by atoms with E-state index in [2.05, 4.69) is 40.5 Å². The Balaban J connectivity index is 2.49. The van der Waals surface area contributed by atoms with E-state index in [-0.39, 0.29) is 5.54 Å². The fourth-order valence-corrected chi connectivity index (χ4v) is 1.52. The van der Waals surface area contributed by atoms with Gasteiger partial charge in [0, 0.05) is 23.0 Å². The van der Waals surface area contributed by atoms with E-state index in [0.717, 1.165) is 17.1 Å². The van der Waals surface area contributed by atoms with Crippen molar-refractivity contribution < 1.29 is 0 Å². The summed E-state index contributed by atoms with van der Waals surface area (Å²) < 4.78 is 2.05. The van der Waals surface area contributed by atoms with Crippen LogP contribution in [0.1, 0.15) is 26.5 Å². The lowest BCUT2D eigenvalue weighted by Gasteiger charge is -2.22. The second-order valence-electron chi connectivity index (χ2n) is 4.88. The summed E-state index contributed by atoms with van der Waals surface area (Å²) in [7, 11) is 0. The lowest BCUT2D eigenvalue weighted by Crippen LogP contribution is -2.21. The smallest absolute Gasteiger partial charge is 0.165 e. The second kappa shape index (κ2) is 3.70. The maximum absolute atomic E-state index is 4.28. The van der Waals surface area contributed by atoms with E-state index in [1.165, 1.54) is 0 Å². The minimum absolute atomic E-state index is 0.0241. The average molecular weight is 216 g/mol. The van der Waals surface area contributed by atoms with Gasteiger partial charge < -0.3 is 4.57 Å². The molecule has 4 heteroatoms. The van der Waals surface area contributed by atoms with E-state index in [0.29, 0.717) is 0 Å². The monoisotopic (exact) mass is 216 g/mol. The number of aromatic nitrogens is 4. The Bertz CT molecular complexity index is 476. The molecule has 2 rings (SSSR count). The summed E-state index contributed by atoms with van der Waals surface area (Å²) in [5, 5.41) is 8.13. The van der Waals surface area contributed by atoms with Crippen molar-refractivity contribution in [3.05, 3.63) is 30.4 Å². The van der Waals surface area contributed by atoms with Gasteiger partial charge in [0.1, 0.15) is 6.33 Å². The summed E-state index contributed by atoms with van der Waals surface area (Å²) in [6.07, 6.45) is 3.59. The molecular weight excluding hydrogens is 200 g/mol. The molecule has 2 heterocycles. The highest BCUT2D eigenvalue weighted by Gasteiger charge is 2.18. The number of hydrogen-bond acceptors (Lipinski definition) is 3. The van der Waals surface area contributed by atoms with Gasteiger partial charge >= 0.3 is 0 Å². The number of nitrogens with zero attached hydrogens (tertiary/aromatic N) is 4. The summed E-state index contributed by atoms with van der Waals surface area (Å²) >= 11 is 0. The molecule has 0 saturated carbocycles. The van der Waals surface area contributed by atoms with E-state index in [1.54, 1.807) is 6.33 Å². The van der Waals surface area contributed by atoms with Crippen LogP contribution in [0.25, 0.3) is 11.4 Å². The zero-order valence-electron chi connectivity index (χ0n) is 10.1. The van der Waals surface area contributed by atoms with Crippen LogP contribution < -0.4 is 0 Å². The Morgan fingerprint density at radius 1 is 1.19 bits per heavy atom. The maximum atomic E-state index is 4.28. The molecule has 0 spiro atoms. The van der Waals surface area contributed by atoms with Gasteiger partial charge in [-0.3, -0.25) is 4.98 Å². The fraction of sp³-hybridized carbons (Fsp3) is 0.417. The van der Waals surface area contributed by atoms with Crippen LogP contribution in [0.2, 0.25) is 0 Å². The number of rotatable bonds is 1. The highest BCUT2D eigenvalue weighted by atomic mass is 15.3. The molecule has 2 aromatic rings. The van der Waals surface area contributed by atoms with Crippen molar-refractivity contribution in [1.82, 2.24) is 19.7 Å². The van der Waals surface area contributed by atoms with E-state index in [4.69, 9.17) is 0 Å². The zero-order chi connectivity index (χ0) is 11.8. The highest BCUT2D eigenvalue weighted by Crippen LogP contribution is 2.22. The normalized spacial score (nSPS) is 11.8. The van der Waals surface area contributed by atoms with Gasteiger partial charge in [0.25, 0.3) is 0 Å². The van der Waals surface area contributed by atoms with Gasteiger partial charge in [0.05, 0.1) is 0 Å². The summed E-state index contributed by atoms with van der Waals surface area (Å²) in [5.41, 5.74) is 1.98. The molecule has 0 atom stereocenters. The van der Waals surface area contributed by atoms with Crippen LogP contribution in [0, 0.1) is 6.92 Å². The predicted molar refractivity (Wildman–Crippen MR) is 63.0 cm³/mol. The zero-order valence-corrected chi connectivity index (χ0v) is 10.1. The third kappa shape index (κ3) is 1.96. The Kier molecular flexibility index (Phi) is 2.50.